The first-order valence-corrected chi connectivity index (χ1v) is 22.1. The molecule has 16 heteroatoms. The number of sulfonamides is 1. The van der Waals surface area contributed by atoms with Crippen molar-refractivity contribution in [3.63, 3.8) is 0 Å². The minimum Gasteiger partial charge on any atom is -0.497 e. The molecule has 3 heterocycles. The molecule has 7 rings (SSSR count). The van der Waals surface area contributed by atoms with Crippen molar-refractivity contribution >= 4 is 44.6 Å². The predicted octanol–water partition coefficient (Wildman–Crippen LogP) is 5.95. The normalized spacial score (nSPS) is 31.3. The number of nitrogens with zero attached hydrogens (tertiary/aromatic N) is 3. The summed E-state index contributed by atoms with van der Waals surface area (Å²) in [7, 11) is -2.59. The molecule has 2 amide bonds. The van der Waals surface area contributed by atoms with E-state index in [0.29, 0.717) is 41.7 Å². The van der Waals surface area contributed by atoms with E-state index in [9.17, 15) is 36.4 Å². The lowest BCUT2D eigenvalue weighted by molar-refractivity contribution is -0.154. The quantitative estimate of drug-likeness (QED) is 0.296. The molecule has 0 radical (unpaired) electrons. The topological polar surface area (TPSA) is 171 Å². The van der Waals surface area contributed by atoms with Crippen LogP contribution in [0.4, 0.5) is 8.78 Å². The van der Waals surface area contributed by atoms with E-state index in [2.05, 4.69) is 4.72 Å². The van der Waals surface area contributed by atoms with E-state index in [-0.39, 0.29) is 37.3 Å². The zero-order chi connectivity index (χ0) is 41.9. The molecule has 58 heavy (non-hydrogen) atoms. The second-order valence-electron chi connectivity index (χ2n) is 18.7. The third-order valence-corrected chi connectivity index (χ3v) is 15.5. The summed E-state index contributed by atoms with van der Waals surface area (Å²) in [6.45, 7) is 8.69. The van der Waals surface area contributed by atoms with E-state index in [1.165, 1.54) is 11.8 Å². The number of nitrogens with one attached hydrogen (secondary N) is 1. The Hall–Kier alpha value is -3.95. The van der Waals surface area contributed by atoms with Gasteiger partial charge in [-0.05, 0) is 81.3 Å². The third-order valence-electron chi connectivity index (χ3n) is 13.4. The maximum atomic E-state index is 14.9. The van der Waals surface area contributed by atoms with Crippen molar-refractivity contribution in [2.75, 3.05) is 13.7 Å². The van der Waals surface area contributed by atoms with Crippen LogP contribution in [0, 0.1) is 34.5 Å². The van der Waals surface area contributed by atoms with Gasteiger partial charge in [-0.15, -0.1) is 0 Å². The number of halogens is 2. The Kier molecular flexibility index (Phi) is 11.3. The van der Waals surface area contributed by atoms with Gasteiger partial charge in [0.05, 0.1) is 53.2 Å². The number of carbonyl (C=O) groups excluding carboxylic acids is 4. The minimum atomic E-state index is -4.14. The van der Waals surface area contributed by atoms with E-state index >= 15 is 0 Å². The molecule has 4 fully saturated rings. The number of Topliss-reactive ketones (excluding diaryl/α,β-unsaturated/α-hetero) is 1. The van der Waals surface area contributed by atoms with Crippen molar-refractivity contribution in [2.24, 2.45) is 34.5 Å². The highest BCUT2D eigenvalue weighted by Gasteiger charge is 2.64. The van der Waals surface area contributed by atoms with Crippen molar-refractivity contribution in [3.8, 4) is 11.6 Å². The standard InChI is InChI=1S/C42H56F2N4O9S/c1-23-33-22-48(36(23)31(49)21-42(20-25(42)17-34(43)44)39(52)47-58(53,54)41(5)14-15-41)38(51)27(40(2,3)4)19-35(50)56-32-16-24(32)10-8-7-9-11-29-37(57-33)46-30-18-26(55-6)12-13-28(30)45-29/h12-13,18,23-25,27,32-34,36H,7-11,14-17,19-22H2,1-6H3,(H,47,52)/t23-,24-,25-,27-,32-,33+,36+,42-/m1/s1. The molecule has 2 aliphatic heterocycles. The van der Waals surface area contributed by atoms with Gasteiger partial charge in [-0.25, -0.2) is 27.2 Å². The zero-order valence-electron chi connectivity index (χ0n) is 34.2. The van der Waals surface area contributed by atoms with Crippen LogP contribution in [0.15, 0.2) is 18.2 Å². The first-order chi connectivity index (χ1) is 27.2. The molecule has 1 saturated heterocycles. The Morgan fingerprint density at radius 3 is 2.48 bits per heavy atom. The van der Waals surface area contributed by atoms with Gasteiger partial charge in [-0.1, -0.05) is 40.5 Å². The number of ether oxygens (including phenoxy) is 3. The molecule has 318 valence electrons. The van der Waals surface area contributed by atoms with Gasteiger partial charge in [0.15, 0.2) is 5.78 Å². The molecule has 3 saturated carbocycles. The summed E-state index contributed by atoms with van der Waals surface area (Å²) in [6, 6.07) is 4.18. The summed E-state index contributed by atoms with van der Waals surface area (Å²) in [5.41, 5.74) is -0.652. The molecular weight excluding hydrogens is 775 g/mol. The van der Waals surface area contributed by atoms with Gasteiger partial charge in [-0.3, -0.25) is 23.9 Å². The number of hydrogen-bond acceptors (Lipinski definition) is 11. The molecular formula is C42H56F2N4O9S. The van der Waals surface area contributed by atoms with Crippen molar-refractivity contribution in [1.29, 1.82) is 0 Å². The largest absolute Gasteiger partial charge is 0.497 e. The second kappa shape index (κ2) is 15.6. The first-order valence-electron chi connectivity index (χ1n) is 20.6. The van der Waals surface area contributed by atoms with Crippen LogP contribution in [0.1, 0.15) is 111 Å². The van der Waals surface area contributed by atoms with Crippen LogP contribution in [0.5, 0.6) is 11.6 Å². The average molecular weight is 831 g/mol. The molecule has 1 aromatic carbocycles. The molecule has 0 spiro atoms. The summed E-state index contributed by atoms with van der Waals surface area (Å²) in [6.07, 6.45) is 0.217. The van der Waals surface area contributed by atoms with E-state index < -0.39 is 98.3 Å². The van der Waals surface area contributed by atoms with Gasteiger partial charge in [-0.2, -0.15) is 0 Å². The molecule has 5 aliphatic rings. The third kappa shape index (κ3) is 8.54. The van der Waals surface area contributed by atoms with Gasteiger partial charge in [0.1, 0.15) is 23.7 Å². The molecule has 13 nitrogen and oxygen atoms in total. The van der Waals surface area contributed by atoms with Gasteiger partial charge in [0.2, 0.25) is 34.1 Å². The van der Waals surface area contributed by atoms with Crippen LogP contribution >= 0.6 is 0 Å². The van der Waals surface area contributed by atoms with E-state index in [1.54, 1.807) is 26.2 Å². The smallest absolute Gasteiger partial charge is 0.306 e. The Balaban J connectivity index is 1.25. The molecule has 0 unspecified atom stereocenters. The number of aryl methyl sites for hydroxylation is 1. The molecule has 2 bridgehead atoms. The second-order valence-corrected chi connectivity index (χ2v) is 20.9. The highest BCUT2D eigenvalue weighted by atomic mass is 32.2. The van der Waals surface area contributed by atoms with E-state index in [0.717, 1.165) is 32.1 Å². The van der Waals surface area contributed by atoms with Crippen LogP contribution in [-0.2, 0) is 40.4 Å². The van der Waals surface area contributed by atoms with Gasteiger partial charge in [0, 0.05) is 24.8 Å². The number of aromatic nitrogens is 2. The number of rotatable bonds is 9. The summed E-state index contributed by atoms with van der Waals surface area (Å²) in [5, 5.41) is 0. The van der Waals surface area contributed by atoms with Crippen molar-refractivity contribution in [2.45, 2.75) is 141 Å². The van der Waals surface area contributed by atoms with Crippen molar-refractivity contribution in [1.82, 2.24) is 19.6 Å². The number of esters is 1. The fourth-order valence-corrected chi connectivity index (χ4v) is 10.3. The zero-order valence-corrected chi connectivity index (χ0v) is 35.0. The average Bonchev–Trinajstić information content (AvgIpc) is 4.10. The lowest BCUT2D eigenvalue weighted by atomic mass is 9.77. The number of hydrogen-bond donors (Lipinski definition) is 1. The number of carbonyl (C=O) groups is 4. The van der Waals surface area contributed by atoms with E-state index in [1.807, 2.05) is 26.8 Å². The van der Waals surface area contributed by atoms with Gasteiger partial charge in [0.25, 0.3) is 0 Å². The van der Waals surface area contributed by atoms with Gasteiger partial charge < -0.3 is 19.1 Å². The summed E-state index contributed by atoms with van der Waals surface area (Å²) < 4.78 is 72.9. The molecule has 8 atom stereocenters. The van der Waals surface area contributed by atoms with Crippen LogP contribution in [0.3, 0.4) is 0 Å². The summed E-state index contributed by atoms with van der Waals surface area (Å²) in [4.78, 5) is 68.1. The summed E-state index contributed by atoms with van der Waals surface area (Å²) >= 11 is 0. The first kappa shape index (κ1) is 42.2. The monoisotopic (exact) mass is 830 g/mol. The molecule has 2 aromatic rings. The lowest BCUT2D eigenvalue weighted by Crippen LogP contribution is -2.50. The molecule has 1 N–H and O–H groups in total. The van der Waals surface area contributed by atoms with Crippen LogP contribution in [-0.4, -0.2) is 89.9 Å². The predicted molar refractivity (Wildman–Crippen MR) is 208 cm³/mol. The number of benzene rings is 1. The van der Waals surface area contributed by atoms with Crippen LogP contribution in [0.2, 0.25) is 0 Å². The molecule has 3 aliphatic carbocycles. The lowest BCUT2D eigenvalue weighted by Gasteiger charge is -2.35. The molecule has 1 aromatic heterocycles. The minimum absolute atomic E-state index is 0.0770. The Bertz CT molecular complexity index is 2070. The highest BCUT2D eigenvalue weighted by Crippen LogP contribution is 2.59. The van der Waals surface area contributed by atoms with Crippen molar-refractivity contribution in [3.05, 3.63) is 23.9 Å². The number of alkyl halides is 2. The van der Waals surface area contributed by atoms with E-state index in [4.69, 9.17) is 24.2 Å². The number of ketones is 1. The Morgan fingerprint density at radius 1 is 1.07 bits per heavy atom. The Labute approximate surface area is 338 Å². The maximum Gasteiger partial charge on any atom is 0.306 e. The fourth-order valence-electron chi connectivity index (χ4n) is 8.96. The number of amides is 2. The summed E-state index contributed by atoms with van der Waals surface area (Å²) in [5.74, 6) is -3.99. The highest BCUT2D eigenvalue weighted by molar-refractivity contribution is 7.91. The van der Waals surface area contributed by atoms with Crippen LogP contribution in [0.25, 0.3) is 11.0 Å². The SMILES string of the molecule is COc1ccc2nc3c(nc2c1)O[C@H]1CN(C(=O)[C@H](C(C)(C)C)CC(=O)O[C@@H]2C[C@H]2CCCCC3)[C@H](C(=O)C[C@]2(C(=O)NS(=O)(=O)C3(C)CC3)C[C@H]2CC(F)F)[C@@H]1C. The fraction of sp³-hybridized carbons (Fsp3) is 0.714. The maximum absolute atomic E-state index is 14.9. The van der Waals surface area contributed by atoms with Crippen molar-refractivity contribution < 1.29 is 50.6 Å². The Morgan fingerprint density at radius 2 is 1.81 bits per heavy atom. The number of methoxy groups -OCH3 is 1. The number of fused-ring (bicyclic) bond motifs is 5. The van der Waals surface area contributed by atoms with Gasteiger partial charge >= 0.3 is 5.97 Å². The van der Waals surface area contributed by atoms with Crippen LogP contribution < -0.4 is 14.2 Å².